The molecule has 1 heterocycles. The quantitative estimate of drug-likeness (QED) is 0.166. The zero-order valence-corrected chi connectivity index (χ0v) is 22.2. The monoisotopic (exact) mass is 525 g/mol. The molecule has 0 saturated heterocycles. The molecule has 4 aromatic rings. The van der Waals surface area contributed by atoms with Gasteiger partial charge in [0.1, 0.15) is 5.44 Å². The van der Waals surface area contributed by atoms with Crippen LogP contribution in [0.2, 0.25) is 5.02 Å². The molecule has 0 saturated carbocycles. The fourth-order valence-corrected chi connectivity index (χ4v) is 6.43. The fourth-order valence-electron chi connectivity index (χ4n) is 4.29. The third kappa shape index (κ3) is 5.28. The summed E-state index contributed by atoms with van der Waals surface area (Å²) in [5.74, 6) is -0.396. The van der Waals surface area contributed by atoms with E-state index in [1.54, 1.807) is 39.0 Å². The van der Waals surface area contributed by atoms with Crippen molar-refractivity contribution in [3.05, 3.63) is 94.6 Å². The van der Waals surface area contributed by atoms with Crippen molar-refractivity contribution in [3.8, 4) is 5.69 Å². The predicted molar refractivity (Wildman–Crippen MR) is 144 cm³/mol. The van der Waals surface area contributed by atoms with Gasteiger partial charge in [0.25, 0.3) is 0 Å². The van der Waals surface area contributed by atoms with Gasteiger partial charge in [-0.05, 0) is 62.7 Å². The Morgan fingerprint density at radius 1 is 0.861 bits per heavy atom. The maximum Gasteiger partial charge on any atom is 0.378 e. The summed E-state index contributed by atoms with van der Waals surface area (Å²) in [6.07, 6.45) is 0.566. The molecule has 0 spiro atoms. The minimum absolute atomic E-state index is 0.209. The summed E-state index contributed by atoms with van der Waals surface area (Å²) >= 11 is 6.42. The Morgan fingerprint density at radius 2 is 1.53 bits per heavy atom. The lowest BCUT2D eigenvalue weighted by atomic mass is 10.1. The molecule has 0 fully saturated rings. The summed E-state index contributed by atoms with van der Waals surface area (Å²) < 4.78 is 33.0. The molecule has 4 rings (SSSR count). The summed E-state index contributed by atoms with van der Waals surface area (Å²) in [5.41, 5.74) is 3.57. The standard InChI is InChI=1S/C28H29ClNO5P/c1-4-33-28(31)21-12-15-23(16-13-21)30-26(18-20-10-8-7-9-11-20)24-17-14-22(29)19-25(24)27(30)36(32,34-5-2)35-6-3/h7-17,19H,4-6,18H2,1-3H3. The minimum Gasteiger partial charge on any atom is -0.462 e. The third-order valence-electron chi connectivity index (χ3n) is 5.72. The number of esters is 1. The number of halogens is 1. The van der Waals surface area contributed by atoms with Crippen LogP contribution in [0, 0.1) is 0 Å². The highest BCUT2D eigenvalue weighted by Gasteiger charge is 2.36. The highest BCUT2D eigenvalue weighted by atomic mass is 35.5. The van der Waals surface area contributed by atoms with Crippen LogP contribution < -0.4 is 5.44 Å². The summed E-state index contributed by atoms with van der Waals surface area (Å²) in [4.78, 5) is 12.2. The van der Waals surface area contributed by atoms with Crippen molar-refractivity contribution >= 4 is 41.4 Å². The smallest absolute Gasteiger partial charge is 0.378 e. The summed E-state index contributed by atoms with van der Waals surface area (Å²) in [6.45, 7) is 6.05. The number of hydrogen-bond acceptors (Lipinski definition) is 5. The van der Waals surface area contributed by atoms with E-state index in [-0.39, 0.29) is 13.2 Å². The molecule has 0 bridgehead atoms. The Kier molecular flexibility index (Phi) is 8.32. The molecule has 0 aliphatic rings. The second-order valence-corrected chi connectivity index (χ2v) is 10.4. The van der Waals surface area contributed by atoms with E-state index in [2.05, 4.69) is 0 Å². The van der Waals surface area contributed by atoms with E-state index < -0.39 is 13.6 Å². The minimum atomic E-state index is -3.75. The Hall–Kier alpha value is -2.89. The molecule has 0 amide bonds. The molecule has 0 aliphatic carbocycles. The summed E-state index contributed by atoms with van der Waals surface area (Å²) in [5, 5.41) is 2.12. The Morgan fingerprint density at radius 3 is 2.14 bits per heavy atom. The van der Waals surface area contributed by atoms with Gasteiger partial charge >= 0.3 is 13.6 Å². The molecule has 6 nitrogen and oxygen atoms in total. The molecule has 0 unspecified atom stereocenters. The van der Waals surface area contributed by atoms with Crippen LogP contribution >= 0.6 is 19.2 Å². The number of benzene rings is 3. The van der Waals surface area contributed by atoms with Gasteiger partial charge in [-0.1, -0.05) is 48.0 Å². The molecule has 36 heavy (non-hydrogen) atoms. The number of hydrogen-bond donors (Lipinski definition) is 0. The molecule has 0 radical (unpaired) electrons. The first-order valence-electron chi connectivity index (χ1n) is 12.0. The predicted octanol–water partition coefficient (Wildman–Crippen LogP) is 6.94. The van der Waals surface area contributed by atoms with Crippen molar-refractivity contribution in [3.63, 3.8) is 0 Å². The zero-order valence-electron chi connectivity index (χ0n) is 20.6. The molecule has 1 aromatic heterocycles. The highest BCUT2D eigenvalue weighted by molar-refractivity contribution is 7.62. The first-order chi connectivity index (χ1) is 17.4. The van der Waals surface area contributed by atoms with Gasteiger partial charge in [-0.25, -0.2) is 4.79 Å². The van der Waals surface area contributed by atoms with E-state index >= 15 is 0 Å². The normalized spacial score (nSPS) is 11.7. The lowest BCUT2D eigenvalue weighted by molar-refractivity contribution is 0.0526. The second-order valence-electron chi connectivity index (χ2n) is 8.06. The van der Waals surface area contributed by atoms with Gasteiger partial charge in [0.15, 0.2) is 0 Å². The second kappa shape index (κ2) is 11.4. The van der Waals surface area contributed by atoms with Gasteiger partial charge in [0, 0.05) is 33.6 Å². The molecule has 8 heteroatoms. The Bertz CT molecular complexity index is 1390. The van der Waals surface area contributed by atoms with Gasteiger partial charge in [-0.3, -0.25) is 4.57 Å². The third-order valence-corrected chi connectivity index (χ3v) is 8.11. The highest BCUT2D eigenvalue weighted by Crippen LogP contribution is 2.50. The van der Waals surface area contributed by atoms with Gasteiger partial charge in [-0.2, -0.15) is 0 Å². The fraction of sp³-hybridized carbons (Fsp3) is 0.250. The topological polar surface area (TPSA) is 66.8 Å². The van der Waals surface area contributed by atoms with Crippen LogP contribution in [-0.2, 0) is 24.8 Å². The van der Waals surface area contributed by atoms with Gasteiger partial charge in [0.05, 0.1) is 25.4 Å². The van der Waals surface area contributed by atoms with Crippen LogP contribution in [-0.4, -0.2) is 30.4 Å². The van der Waals surface area contributed by atoms with E-state index in [0.717, 1.165) is 22.3 Å². The summed E-state index contributed by atoms with van der Waals surface area (Å²) in [6, 6.07) is 22.6. The first kappa shape index (κ1) is 26.2. The average Bonchev–Trinajstić information content (AvgIpc) is 3.19. The SMILES string of the molecule is CCOC(=O)c1ccc(-n2c(Cc3ccccc3)c3ccc(Cl)cc3c2P(=O)(OCC)OCC)cc1. The van der Waals surface area contributed by atoms with Crippen LogP contribution in [0.25, 0.3) is 16.5 Å². The molecular formula is C28H29ClNO5P. The van der Waals surface area contributed by atoms with E-state index in [0.29, 0.717) is 34.4 Å². The van der Waals surface area contributed by atoms with Gasteiger partial charge in [-0.15, -0.1) is 0 Å². The van der Waals surface area contributed by atoms with E-state index in [4.69, 9.17) is 25.4 Å². The lowest BCUT2D eigenvalue weighted by Crippen LogP contribution is -2.21. The summed E-state index contributed by atoms with van der Waals surface area (Å²) in [7, 11) is -3.75. The van der Waals surface area contributed by atoms with Gasteiger partial charge in [0.2, 0.25) is 0 Å². The van der Waals surface area contributed by atoms with Crippen molar-refractivity contribution in [2.45, 2.75) is 27.2 Å². The number of fused-ring (bicyclic) bond motifs is 1. The molecule has 0 N–H and O–H groups in total. The number of ether oxygens (including phenoxy) is 1. The van der Waals surface area contributed by atoms with Crippen LogP contribution in [0.5, 0.6) is 0 Å². The van der Waals surface area contributed by atoms with Crippen LogP contribution in [0.15, 0.2) is 72.8 Å². The van der Waals surface area contributed by atoms with Crippen molar-refractivity contribution < 1.29 is 23.1 Å². The van der Waals surface area contributed by atoms with E-state index in [9.17, 15) is 9.36 Å². The average molecular weight is 526 g/mol. The van der Waals surface area contributed by atoms with E-state index in [1.807, 2.05) is 59.2 Å². The molecule has 3 aromatic carbocycles. The van der Waals surface area contributed by atoms with E-state index in [1.165, 1.54) is 0 Å². The van der Waals surface area contributed by atoms with Crippen molar-refractivity contribution in [2.75, 3.05) is 19.8 Å². The largest absolute Gasteiger partial charge is 0.462 e. The zero-order chi connectivity index (χ0) is 25.7. The van der Waals surface area contributed by atoms with Crippen LogP contribution in [0.3, 0.4) is 0 Å². The number of carbonyl (C=O) groups excluding carboxylic acids is 1. The number of carbonyl (C=O) groups is 1. The Labute approximate surface area is 216 Å². The lowest BCUT2D eigenvalue weighted by Gasteiger charge is -2.21. The number of aromatic nitrogens is 1. The van der Waals surface area contributed by atoms with Crippen LogP contribution in [0.4, 0.5) is 0 Å². The van der Waals surface area contributed by atoms with Crippen LogP contribution in [0.1, 0.15) is 42.4 Å². The van der Waals surface area contributed by atoms with Crippen molar-refractivity contribution in [2.24, 2.45) is 0 Å². The molecular weight excluding hydrogens is 497 g/mol. The molecule has 0 atom stereocenters. The number of rotatable bonds is 10. The maximum absolute atomic E-state index is 14.3. The Balaban J connectivity index is 2.03. The number of nitrogens with zero attached hydrogens (tertiary/aromatic N) is 1. The maximum atomic E-state index is 14.3. The first-order valence-corrected chi connectivity index (χ1v) is 13.9. The van der Waals surface area contributed by atoms with Gasteiger partial charge < -0.3 is 18.4 Å². The molecule has 188 valence electrons. The molecule has 0 aliphatic heterocycles. The van der Waals surface area contributed by atoms with Crippen molar-refractivity contribution in [1.29, 1.82) is 0 Å². The van der Waals surface area contributed by atoms with Crippen molar-refractivity contribution in [1.82, 2.24) is 4.57 Å².